The summed E-state index contributed by atoms with van der Waals surface area (Å²) in [5.41, 5.74) is -1.27. The highest BCUT2D eigenvalue weighted by molar-refractivity contribution is 7.19. The van der Waals surface area contributed by atoms with E-state index >= 15 is 0 Å². The van der Waals surface area contributed by atoms with E-state index in [0.717, 1.165) is 9.63 Å². The first-order chi connectivity index (χ1) is 17.0. The van der Waals surface area contributed by atoms with E-state index in [1.54, 1.807) is 25.1 Å². The molecular formula is C25H25FN4O5S. The number of aromatic nitrogens is 3. The Balaban J connectivity index is 1.78. The van der Waals surface area contributed by atoms with Gasteiger partial charge < -0.3 is 5.11 Å². The molecule has 1 saturated heterocycles. The number of aliphatic hydroxyl groups is 1. The van der Waals surface area contributed by atoms with Gasteiger partial charge in [0.05, 0.1) is 17.5 Å². The zero-order valence-electron chi connectivity index (χ0n) is 20.2. The molecule has 0 radical (unpaired) electrons. The van der Waals surface area contributed by atoms with E-state index in [4.69, 9.17) is 4.84 Å². The van der Waals surface area contributed by atoms with E-state index in [0.29, 0.717) is 20.7 Å². The first kappa shape index (κ1) is 24.3. The fourth-order valence-electron chi connectivity index (χ4n) is 4.54. The number of para-hydroxylation sites is 1. The Morgan fingerprint density at radius 1 is 1.31 bits per heavy atom. The van der Waals surface area contributed by atoms with E-state index in [1.165, 1.54) is 35.2 Å². The number of carbonyl (C=O) groups is 1. The number of fused-ring (bicyclic) bond motifs is 2. The van der Waals surface area contributed by atoms with Crippen LogP contribution in [0, 0.1) is 5.82 Å². The Labute approximate surface area is 208 Å². The number of thiophene rings is 1. The lowest BCUT2D eigenvalue weighted by Gasteiger charge is -2.17. The molecule has 5 rings (SSSR count). The van der Waals surface area contributed by atoms with Crippen molar-refractivity contribution in [1.29, 1.82) is 0 Å². The molecule has 9 nitrogen and oxygen atoms in total. The fraction of sp³-hybridized carbons (Fsp3) is 0.360. The molecule has 1 amide bonds. The van der Waals surface area contributed by atoms with Crippen LogP contribution in [0.5, 0.6) is 0 Å². The van der Waals surface area contributed by atoms with Gasteiger partial charge in [-0.05, 0) is 38.5 Å². The summed E-state index contributed by atoms with van der Waals surface area (Å²) >= 11 is 1.18. The van der Waals surface area contributed by atoms with E-state index in [2.05, 4.69) is 4.98 Å². The third-order valence-corrected chi connectivity index (χ3v) is 7.52. The average Bonchev–Trinajstić information content (AvgIpc) is 3.37. The molecule has 3 aromatic heterocycles. The molecule has 1 aromatic carbocycles. The van der Waals surface area contributed by atoms with Gasteiger partial charge in [-0.25, -0.2) is 14.2 Å². The number of hydrogen-bond acceptors (Lipinski definition) is 7. The van der Waals surface area contributed by atoms with Crippen LogP contribution in [0.1, 0.15) is 47.6 Å². The molecule has 4 aromatic rings. The van der Waals surface area contributed by atoms with Crippen molar-refractivity contribution < 1.29 is 19.1 Å². The summed E-state index contributed by atoms with van der Waals surface area (Å²) in [5.74, 6) is -1.04. The minimum atomic E-state index is -1.23. The molecule has 1 atom stereocenters. The van der Waals surface area contributed by atoms with E-state index in [-0.39, 0.29) is 42.1 Å². The van der Waals surface area contributed by atoms with Crippen molar-refractivity contribution in [2.24, 2.45) is 7.05 Å². The highest BCUT2D eigenvalue weighted by Crippen LogP contribution is 2.35. The number of pyridine rings is 1. The van der Waals surface area contributed by atoms with Crippen molar-refractivity contribution in [3.05, 3.63) is 73.1 Å². The minimum absolute atomic E-state index is 0.0703. The highest BCUT2D eigenvalue weighted by atomic mass is 32.1. The van der Waals surface area contributed by atoms with Gasteiger partial charge in [-0.2, -0.15) is 0 Å². The standard InChI is InChI=1S/C25H25FN4O5S/c1-13(2)30-23-19(21(31)28(4)24(30)33)18(22(32)29-11-25(3,34)12-35-29)17(36-23)10-14-8-9-27-20-15(14)6-5-7-16(20)26/h5-9,13,34H,10-12H2,1-4H3/t25-/m0/s1. The molecule has 0 aliphatic carbocycles. The van der Waals surface area contributed by atoms with Crippen LogP contribution in [-0.2, 0) is 18.3 Å². The van der Waals surface area contributed by atoms with Gasteiger partial charge in [0.25, 0.3) is 11.5 Å². The highest BCUT2D eigenvalue weighted by Gasteiger charge is 2.38. The van der Waals surface area contributed by atoms with Gasteiger partial charge in [-0.1, -0.05) is 12.1 Å². The number of rotatable bonds is 4. The molecule has 1 fully saturated rings. The number of hydrogen-bond donors (Lipinski definition) is 1. The van der Waals surface area contributed by atoms with Crippen LogP contribution in [0.3, 0.4) is 0 Å². The quantitative estimate of drug-likeness (QED) is 0.451. The van der Waals surface area contributed by atoms with Crippen molar-refractivity contribution in [2.75, 3.05) is 13.2 Å². The maximum atomic E-state index is 14.4. The maximum absolute atomic E-state index is 14.4. The largest absolute Gasteiger partial charge is 0.386 e. The van der Waals surface area contributed by atoms with Crippen molar-refractivity contribution in [1.82, 2.24) is 19.2 Å². The molecule has 0 unspecified atom stereocenters. The molecule has 4 heterocycles. The van der Waals surface area contributed by atoms with Gasteiger partial charge in [0.2, 0.25) is 0 Å². The lowest BCUT2D eigenvalue weighted by Crippen LogP contribution is -2.39. The minimum Gasteiger partial charge on any atom is -0.386 e. The van der Waals surface area contributed by atoms with Gasteiger partial charge in [0.15, 0.2) is 0 Å². The van der Waals surface area contributed by atoms with Gasteiger partial charge in [0, 0.05) is 36.0 Å². The SMILES string of the molecule is CC(C)n1c(=O)n(C)c(=O)c2c(C(=O)N3C[C@](C)(O)CO3)c(Cc3ccnc4c(F)cccc34)sc21. The van der Waals surface area contributed by atoms with Gasteiger partial charge in [-0.15, -0.1) is 11.3 Å². The Morgan fingerprint density at radius 2 is 2.06 bits per heavy atom. The molecule has 0 spiro atoms. The summed E-state index contributed by atoms with van der Waals surface area (Å²) in [5, 5.41) is 12.1. The average molecular weight is 513 g/mol. The first-order valence-corrected chi connectivity index (χ1v) is 12.3. The predicted molar refractivity (Wildman–Crippen MR) is 134 cm³/mol. The topological polar surface area (TPSA) is 107 Å². The van der Waals surface area contributed by atoms with E-state index < -0.39 is 28.6 Å². The van der Waals surface area contributed by atoms with Crippen molar-refractivity contribution >= 4 is 38.4 Å². The van der Waals surface area contributed by atoms with Gasteiger partial charge in [0.1, 0.15) is 28.4 Å². The van der Waals surface area contributed by atoms with Crippen LogP contribution in [0.4, 0.5) is 4.39 Å². The Kier molecular flexibility index (Phi) is 5.81. The lowest BCUT2D eigenvalue weighted by molar-refractivity contribution is -0.0796. The van der Waals surface area contributed by atoms with Crippen molar-refractivity contribution in [3.63, 3.8) is 0 Å². The fourth-order valence-corrected chi connectivity index (χ4v) is 5.97. The summed E-state index contributed by atoms with van der Waals surface area (Å²) in [6.45, 7) is 5.06. The number of benzene rings is 1. The third kappa shape index (κ3) is 3.83. The van der Waals surface area contributed by atoms with Crippen molar-refractivity contribution in [2.45, 2.75) is 38.8 Å². The molecule has 11 heteroatoms. The second kappa shape index (κ2) is 8.61. The zero-order chi connectivity index (χ0) is 25.9. The Bertz CT molecular complexity index is 1650. The van der Waals surface area contributed by atoms with Crippen LogP contribution in [0.25, 0.3) is 21.1 Å². The zero-order valence-corrected chi connectivity index (χ0v) is 21.1. The molecule has 188 valence electrons. The number of carbonyl (C=O) groups excluding carboxylic acids is 1. The van der Waals surface area contributed by atoms with Crippen LogP contribution in [0.15, 0.2) is 40.1 Å². The molecule has 1 aliphatic rings. The lowest BCUT2D eigenvalue weighted by atomic mass is 10.0. The second-order valence-corrected chi connectivity index (χ2v) is 10.7. The summed E-state index contributed by atoms with van der Waals surface area (Å²) in [6, 6.07) is 6.13. The predicted octanol–water partition coefficient (Wildman–Crippen LogP) is 2.76. The van der Waals surface area contributed by atoms with E-state index in [1.807, 2.05) is 13.8 Å². The van der Waals surface area contributed by atoms with E-state index in [9.17, 15) is 23.9 Å². The molecule has 0 saturated carbocycles. The molecule has 36 heavy (non-hydrogen) atoms. The Morgan fingerprint density at radius 3 is 2.72 bits per heavy atom. The van der Waals surface area contributed by atoms with Crippen LogP contribution < -0.4 is 11.2 Å². The number of nitrogens with zero attached hydrogens (tertiary/aromatic N) is 4. The second-order valence-electron chi connectivity index (χ2n) is 9.59. The molecular weight excluding hydrogens is 487 g/mol. The summed E-state index contributed by atoms with van der Waals surface area (Å²) in [6.07, 6.45) is 1.70. The van der Waals surface area contributed by atoms with Gasteiger partial charge >= 0.3 is 5.69 Å². The van der Waals surface area contributed by atoms with Gasteiger partial charge in [-0.3, -0.25) is 28.5 Å². The normalized spacial score (nSPS) is 18.1. The first-order valence-electron chi connectivity index (χ1n) is 11.5. The number of hydroxylamine groups is 2. The molecule has 0 bridgehead atoms. The van der Waals surface area contributed by atoms with Crippen LogP contribution >= 0.6 is 11.3 Å². The number of amides is 1. The molecule has 1 N–H and O–H groups in total. The monoisotopic (exact) mass is 512 g/mol. The smallest absolute Gasteiger partial charge is 0.332 e. The van der Waals surface area contributed by atoms with Crippen molar-refractivity contribution in [3.8, 4) is 0 Å². The Hall–Kier alpha value is -3.41. The molecule has 1 aliphatic heterocycles. The summed E-state index contributed by atoms with van der Waals surface area (Å²) in [4.78, 5) is 50.6. The van der Waals surface area contributed by atoms with Crippen LogP contribution in [0.2, 0.25) is 0 Å². The third-order valence-electron chi connectivity index (χ3n) is 6.33. The summed E-state index contributed by atoms with van der Waals surface area (Å²) in [7, 11) is 1.38. The maximum Gasteiger partial charge on any atom is 0.332 e. The van der Waals surface area contributed by atoms with Crippen LogP contribution in [-0.4, -0.2) is 48.9 Å². The number of halogens is 1. The number of β-amino-alcohol motifs (C(OH)–C–C–N with tert-alkyl or cyclic N) is 1. The summed E-state index contributed by atoms with van der Waals surface area (Å²) < 4.78 is 16.9.